The van der Waals surface area contributed by atoms with Crippen LogP contribution in [0.25, 0.3) is 0 Å². The van der Waals surface area contributed by atoms with Crippen molar-refractivity contribution in [3.05, 3.63) is 65.5 Å². The predicted octanol–water partition coefficient (Wildman–Crippen LogP) is 2.00. The summed E-state index contributed by atoms with van der Waals surface area (Å²) in [6.45, 7) is 0.536. The number of pyridine rings is 1. The van der Waals surface area contributed by atoms with Crippen LogP contribution in [-0.4, -0.2) is 16.2 Å². The maximum atomic E-state index is 11.5. The van der Waals surface area contributed by atoms with E-state index in [4.69, 9.17) is 9.84 Å². The topological polar surface area (TPSA) is 71.5 Å². The Morgan fingerprint density at radius 3 is 2.55 bits per heavy atom. The Bertz CT molecular complexity index is 541. The Morgan fingerprint density at radius 2 is 1.90 bits per heavy atom. The molecule has 0 bridgehead atoms. The van der Waals surface area contributed by atoms with Crippen LogP contribution in [0.4, 0.5) is 4.79 Å². The smallest absolute Gasteiger partial charge is 0.407 e. The molecule has 1 aromatic heterocycles. The summed E-state index contributed by atoms with van der Waals surface area (Å²) in [5.74, 6) is 0. The van der Waals surface area contributed by atoms with Crippen molar-refractivity contribution in [2.24, 2.45) is 0 Å². The van der Waals surface area contributed by atoms with Crippen molar-refractivity contribution < 1.29 is 14.6 Å². The lowest BCUT2D eigenvalue weighted by Gasteiger charge is -2.07. The number of ether oxygens (including phenoxy) is 1. The van der Waals surface area contributed by atoms with E-state index in [1.54, 1.807) is 18.3 Å². The maximum absolute atomic E-state index is 11.5. The summed E-state index contributed by atoms with van der Waals surface area (Å²) in [5, 5.41) is 11.6. The second-order valence-electron chi connectivity index (χ2n) is 4.23. The molecule has 0 spiro atoms. The Balaban J connectivity index is 1.74. The molecule has 0 radical (unpaired) electrons. The molecular formula is C15H16N2O3. The van der Waals surface area contributed by atoms with Crippen molar-refractivity contribution in [3.8, 4) is 0 Å². The summed E-state index contributed by atoms with van der Waals surface area (Å²) >= 11 is 0. The number of hydrogen-bond acceptors (Lipinski definition) is 4. The van der Waals surface area contributed by atoms with Gasteiger partial charge in [-0.05, 0) is 23.3 Å². The minimum Gasteiger partial charge on any atom is -0.445 e. The molecule has 1 heterocycles. The first-order chi connectivity index (χ1) is 9.78. The Morgan fingerprint density at radius 1 is 1.15 bits per heavy atom. The van der Waals surface area contributed by atoms with Crippen LogP contribution in [0.3, 0.4) is 0 Å². The van der Waals surface area contributed by atoms with Gasteiger partial charge in [0.25, 0.3) is 0 Å². The van der Waals surface area contributed by atoms with Crippen molar-refractivity contribution in [2.75, 3.05) is 0 Å². The molecular weight excluding hydrogens is 256 g/mol. The highest BCUT2D eigenvalue weighted by molar-refractivity contribution is 5.67. The number of aliphatic hydroxyl groups is 1. The van der Waals surface area contributed by atoms with Crippen molar-refractivity contribution in [2.45, 2.75) is 19.8 Å². The van der Waals surface area contributed by atoms with Crippen LogP contribution in [0.2, 0.25) is 0 Å². The van der Waals surface area contributed by atoms with Gasteiger partial charge in [0.1, 0.15) is 6.61 Å². The average molecular weight is 272 g/mol. The van der Waals surface area contributed by atoms with E-state index in [-0.39, 0.29) is 13.2 Å². The van der Waals surface area contributed by atoms with Crippen LogP contribution in [0, 0.1) is 0 Å². The van der Waals surface area contributed by atoms with Crippen LogP contribution < -0.4 is 5.32 Å². The fourth-order valence-corrected chi connectivity index (χ4v) is 1.61. The lowest BCUT2D eigenvalue weighted by Crippen LogP contribution is -2.24. The molecule has 5 heteroatoms. The van der Waals surface area contributed by atoms with Crippen LogP contribution in [0.15, 0.2) is 48.7 Å². The quantitative estimate of drug-likeness (QED) is 0.873. The number of carbonyl (C=O) groups is 1. The van der Waals surface area contributed by atoms with Gasteiger partial charge in [0.2, 0.25) is 0 Å². The van der Waals surface area contributed by atoms with Gasteiger partial charge in [-0.2, -0.15) is 0 Å². The van der Waals surface area contributed by atoms with Gasteiger partial charge in [-0.3, -0.25) is 4.98 Å². The zero-order valence-electron chi connectivity index (χ0n) is 11.0. The van der Waals surface area contributed by atoms with Crippen molar-refractivity contribution >= 4 is 6.09 Å². The molecule has 2 rings (SSSR count). The van der Waals surface area contributed by atoms with Gasteiger partial charge < -0.3 is 15.2 Å². The normalized spacial score (nSPS) is 10.1. The number of alkyl carbamates (subject to hydrolysis) is 1. The first kappa shape index (κ1) is 14.0. The lowest BCUT2D eigenvalue weighted by molar-refractivity contribution is 0.139. The van der Waals surface area contributed by atoms with Crippen LogP contribution >= 0.6 is 0 Å². The van der Waals surface area contributed by atoms with Crippen molar-refractivity contribution in [3.63, 3.8) is 0 Å². The minimum absolute atomic E-state index is 0.00565. The number of nitrogens with zero attached hydrogens (tertiary/aromatic N) is 1. The number of aromatic nitrogens is 1. The number of aliphatic hydroxyl groups excluding tert-OH is 1. The van der Waals surface area contributed by atoms with E-state index in [2.05, 4.69) is 10.3 Å². The molecule has 0 atom stereocenters. The van der Waals surface area contributed by atoms with Crippen molar-refractivity contribution in [1.82, 2.24) is 10.3 Å². The van der Waals surface area contributed by atoms with Gasteiger partial charge in [0.15, 0.2) is 0 Å². The fraction of sp³-hybridized carbons (Fsp3) is 0.200. The molecule has 0 saturated carbocycles. The third kappa shape index (κ3) is 4.37. The van der Waals surface area contributed by atoms with Crippen LogP contribution in [0.5, 0.6) is 0 Å². The first-order valence-corrected chi connectivity index (χ1v) is 6.27. The first-order valence-electron chi connectivity index (χ1n) is 6.27. The SMILES string of the molecule is O=C(NCc1ccccn1)OCc1ccc(CO)cc1. The molecule has 20 heavy (non-hydrogen) atoms. The predicted molar refractivity (Wildman–Crippen MR) is 73.6 cm³/mol. The second-order valence-corrected chi connectivity index (χ2v) is 4.23. The molecule has 0 unspecified atom stereocenters. The summed E-state index contributed by atoms with van der Waals surface area (Å²) in [6, 6.07) is 12.7. The van der Waals surface area contributed by atoms with Gasteiger partial charge in [0, 0.05) is 6.20 Å². The van der Waals surface area contributed by atoms with Gasteiger partial charge in [-0.15, -0.1) is 0 Å². The van der Waals surface area contributed by atoms with E-state index in [1.807, 2.05) is 30.3 Å². The summed E-state index contributed by atoms with van der Waals surface area (Å²) in [6.07, 6.45) is 1.19. The summed E-state index contributed by atoms with van der Waals surface area (Å²) < 4.78 is 5.08. The molecule has 2 aromatic rings. The molecule has 5 nitrogen and oxygen atoms in total. The van der Waals surface area contributed by atoms with E-state index < -0.39 is 6.09 Å². The van der Waals surface area contributed by atoms with Gasteiger partial charge in [-0.25, -0.2) is 4.79 Å². The highest BCUT2D eigenvalue weighted by Gasteiger charge is 2.03. The second kappa shape index (κ2) is 7.25. The minimum atomic E-state index is -0.484. The highest BCUT2D eigenvalue weighted by atomic mass is 16.5. The largest absolute Gasteiger partial charge is 0.445 e. The van der Waals surface area contributed by atoms with Gasteiger partial charge in [-0.1, -0.05) is 30.3 Å². The standard InChI is InChI=1S/C15H16N2O3/c18-10-12-4-6-13(7-5-12)11-20-15(19)17-9-14-3-1-2-8-16-14/h1-8,18H,9-11H2,(H,17,19). The maximum Gasteiger partial charge on any atom is 0.407 e. The van der Waals surface area contributed by atoms with E-state index in [0.29, 0.717) is 6.54 Å². The zero-order valence-corrected chi connectivity index (χ0v) is 11.0. The average Bonchev–Trinajstić information content (AvgIpc) is 2.52. The summed E-state index contributed by atoms with van der Waals surface area (Å²) in [5.41, 5.74) is 2.47. The van der Waals surface area contributed by atoms with Crippen LogP contribution in [0.1, 0.15) is 16.8 Å². The third-order valence-electron chi connectivity index (χ3n) is 2.72. The number of amides is 1. The Kier molecular flexibility index (Phi) is 5.08. The molecule has 0 aliphatic heterocycles. The van der Waals surface area contributed by atoms with E-state index in [1.165, 1.54) is 0 Å². The summed E-state index contributed by atoms with van der Waals surface area (Å²) in [7, 11) is 0. The Hall–Kier alpha value is -2.40. The van der Waals surface area contributed by atoms with E-state index >= 15 is 0 Å². The number of carbonyl (C=O) groups excluding carboxylic acids is 1. The third-order valence-corrected chi connectivity index (χ3v) is 2.72. The zero-order chi connectivity index (χ0) is 14.2. The van der Waals surface area contributed by atoms with Gasteiger partial charge >= 0.3 is 6.09 Å². The van der Waals surface area contributed by atoms with Gasteiger partial charge in [0.05, 0.1) is 18.8 Å². The number of rotatable bonds is 5. The lowest BCUT2D eigenvalue weighted by atomic mass is 10.1. The fourth-order valence-electron chi connectivity index (χ4n) is 1.61. The number of hydrogen-bond donors (Lipinski definition) is 2. The number of nitrogens with one attached hydrogen (secondary N) is 1. The molecule has 1 amide bonds. The van der Waals surface area contributed by atoms with Crippen molar-refractivity contribution in [1.29, 1.82) is 0 Å². The van der Waals surface area contributed by atoms with E-state index in [0.717, 1.165) is 16.8 Å². The molecule has 0 saturated heterocycles. The summed E-state index contributed by atoms with van der Waals surface area (Å²) in [4.78, 5) is 15.6. The molecule has 104 valence electrons. The highest BCUT2D eigenvalue weighted by Crippen LogP contribution is 2.05. The molecule has 1 aromatic carbocycles. The molecule has 0 aliphatic rings. The molecule has 0 aliphatic carbocycles. The molecule has 2 N–H and O–H groups in total. The molecule has 0 fully saturated rings. The van der Waals surface area contributed by atoms with E-state index in [9.17, 15) is 4.79 Å². The van der Waals surface area contributed by atoms with Crippen LogP contribution in [-0.2, 0) is 24.5 Å². The monoisotopic (exact) mass is 272 g/mol. The Labute approximate surface area is 117 Å². The number of benzene rings is 1.